The maximum absolute atomic E-state index is 12.2. The van der Waals surface area contributed by atoms with Crippen LogP contribution in [0.3, 0.4) is 0 Å². The zero-order valence-corrected chi connectivity index (χ0v) is 18.8. The van der Waals surface area contributed by atoms with Crippen molar-refractivity contribution < 1.29 is 14.3 Å². The Bertz CT molecular complexity index is 1090. The minimum Gasteiger partial charge on any atom is -0.493 e. The maximum Gasteiger partial charge on any atom is 0.220 e. The number of nitrogens with one attached hydrogen (secondary N) is 1. The van der Waals surface area contributed by atoms with Crippen LogP contribution in [0, 0.1) is 18.3 Å². The summed E-state index contributed by atoms with van der Waals surface area (Å²) in [4.78, 5) is 17.9. The smallest absolute Gasteiger partial charge is 0.220 e. The quantitative estimate of drug-likeness (QED) is 0.452. The van der Waals surface area contributed by atoms with E-state index in [4.69, 9.17) is 26.3 Å². The van der Waals surface area contributed by atoms with Crippen LogP contribution in [0.4, 0.5) is 0 Å². The minimum absolute atomic E-state index is 0.0590. The van der Waals surface area contributed by atoms with Crippen LogP contribution in [-0.2, 0) is 11.3 Å². The number of nitriles is 1. The van der Waals surface area contributed by atoms with E-state index in [2.05, 4.69) is 16.4 Å². The lowest BCUT2D eigenvalue weighted by Crippen LogP contribution is -2.22. The third-order valence-electron chi connectivity index (χ3n) is 4.49. The molecule has 0 unspecified atom stereocenters. The van der Waals surface area contributed by atoms with Gasteiger partial charge in [0.05, 0.1) is 37.6 Å². The van der Waals surface area contributed by atoms with Crippen molar-refractivity contribution in [3.8, 4) is 28.8 Å². The van der Waals surface area contributed by atoms with Gasteiger partial charge in [-0.3, -0.25) is 4.79 Å². The number of nitrogens with zero attached hydrogens (tertiary/aromatic N) is 2. The van der Waals surface area contributed by atoms with Crippen molar-refractivity contribution in [3.63, 3.8) is 0 Å². The molecule has 31 heavy (non-hydrogen) atoms. The maximum atomic E-state index is 12.2. The van der Waals surface area contributed by atoms with Gasteiger partial charge >= 0.3 is 0 Å². The molecule has 160 valence electrons. The Morgan fingerprint density at radius 3 is 2.71 bits per heavy atom. The molecule has 0 aliphatic carbocycles. The van der Waals surface area contributed by atoms with Gasteiger partial charge in [-0.1, -0.05) is 23.7 Å². The normalized spacial score (nSPS) is 10.4. The van der Waals surface area contributed by atoms with Crippen molar-refractivity contribution in [3.05, 3.63) is 62.9 Å². The van der Waals surface area contributed by atoms with Gasteiger partial charge in [-0.2, -0.15) is 5.26 Å². The fourth-order valence-electron chi connectivity index (χ4n) is 2.94. The van der Waals surface area contributed by atoms with Crippen molar-refractivity contribution in [2.75, 3.05) is 13.7 Å². The zero-order valence-electron chi connectivity index (χ0n) is 17.3. The molecule has 1 amide bonds. The third-order valence-corrected chi connectivity index (χ3v) is 5.72. The highest BCUT2D eigenvalue weighted by molar-refractivity contribution is 7.12. The lowest BCUT2D eigenvalue weighted by molar-refractivity contribution is -0.121. The molecule has 8 heteroatoms. The topological polar surface area (TPSA) is 84.2 Å². The third kappa shape index (κ3) is 6.20. The molecule has 0 saturated heterocycles. The van der Waals surface area contributed by atoms with Crippen molar-refractivity contribution in [2.45, 2.75) is 26.3 Å². The molecule has 0 radical (unpaired) electrons. The van der Waals surface area contributed by atoms with Crippen LogP contribution in [0.1, 0.15) is 28.3 Å². The molecule has 0 aliphatic rings. The van der Waals surface area contributed by atoms with Gasteiger partial charge in [0.1, 0.15) is 5.01 Å². The highest BCUT2D eigenvalue weighted by Gasteiger charge is 2.11. The summed E-state index contributed by atoms with van der Waals surface area (Å²) in [6.45, 7) is 2.77. The first-order chi connectivity index (χ1) is 15.0. The number of hydrogen-bond acceptors (Lipinski definition) is 6. The highest BCUT2D eigenvalue weighted by atomic mass is 35.5. The monoisotopic (exact) mass is 455 g/mol. The number of amides is 1. The number of benzene rings is 2. The van der Waals surface area contributed by atoms with E-state index in [-0.39, 0.29) is 5.91 Å². The summed E-state index contributed by atoms with van der Waals surface area (Å²) in [5.74, 6) is 0.991. The van der Waals surface area contributed by atoms with E-state index in [1.54, 1.807) is 29.5 Å². The first-order valence-electron chi connectivity index (χ1n) is 9.70. The number of hydrogen-bond donors (Lipinski definition) is 1. The second-order valence-corrected chi connectivity index (χ2v) is 8.45. The number of methoxy groups -OCH3 is 1. The molecule has 0 fully saturated rings. The first-order valence-corrected chi connectivity index (χ1v) is 10.9. The van der Waals surface area contributed by atoms with Crippen LogP contribution in [0.15, 0.2) is 42.5 Å². The minimum atomic E-state index is -0.0590. The molecule has 6 nitrogen and oxygen atoms in total. The van der Waals surface area contributed by atoms with Gasteiger partial charge in [0.25, 0.3) is 0 Å². The Labute approximate surface area is 190 Å². The molecule has 0 aliphatic heterocycles. The van der Waals surface area contributed by atoms with Crippen LogP contribution >= 0.6 is 22.9 Å². The van der Waals surface area contributed by atoms with Crippen LogP contribution in [0.25, 0.3) is 11.3 Å². The number of carbonyl (C=O) groups is 1. The van der Waals surface area contributed by atoms with Crippen molar-refractivity contribution in [1.82, 2.24) is 10.3 Å². The van der Waals surface area contributed by atoms with Gasteiger partial charge in [0, 0.05) is 28.0 Å². The van der Waals surface area contributed by atoms with Gasteiger partial charge in [-0.15, -0.1) is 11.3 Å². The number of rotatable bonds is 9. The van der Waals surface area contributed by atoms with Crippen molar-refractivity contribution in [1.29, 1.82) is 5.26 Å². The number of thiazole rings is 1. The molecule has 2 aromatic carbocycles. The van der Waals surface area contributed by atoms with Gasteiger partial charge in [0.15, 0.2) is 11.5 Å². The Kier molecular flexibility index (Phi) is 7.88. The summed E-state index contributed by atoms with van der Waals surface area (Å²) in [5.41, 5.74) is 2.42. The number of aromatic nitrogens is 1. The summed E-state index contributed by atoms with van der Waals surface area (Å²) < 4.78 is 10.9. The molecule has 0 saturated carbocycles. The Morgan fingerprint density at radius 2 is 2.00 bits per heavy atom. The van der Waals surface area contributed by atoms with E-state index >= 15 is 0 Å². The number of carbonyl (C=O) groups excluding carboxylic acids is 1. The molecular weight excluding hydrogens is 434 g/mol. The molecular formula is C23H22ClN3O3S. The van der Waals surface area contributed by atoms with E-state index < -0.39 is 0 Å². The summed E-state index contributed by atoms with van der Waals surface area (Å²) in [6.07, 6.45) is 0.898. The largest absolute Gasteiger partial charge is 0.493 e. The number of aryl methyl sites for hydroxylation is 1. The van der Waals surface area contributed by atoms with E-state index in [1.807, 2.05) is 31.2 Å². The molecule has 0 bridgehead atoms. The molecule has 0 atom stereocenters. The van der Waals surface area contributed by atoms with Crippen LogP contribution in [0.2, 0.25) is 5.02 Å². The van der Waals surface area contributed by atoms with E-state index in [0.29, 0.717) is 48.1 Å². The van der Waals surface area contributed by atoms with Crippen LogP contribution in [0.5, 0.6) is 11.5 Å². The van der Waals surface area contributed by atoms with Crippen molar-refractivity contribution >= 4 is 28.8 Å². The van der Waals surface area contributed by atoms with Crippen molar-refractivity contribution in [2.24, 2.45) is 0 Å². The van der Waals surface area contributed by atoms with Crippen LogP contribution < -0.4 is 14.8 Å². The zero-order chi connectivity index (χ0) is 22.2. The number of ether oxygens (including phenoxy) is 2. The summed E-state index contributed by atoms with van der Waals surface area (Å²) in [6, 6.07) is 14.6. The molecule has 1 heterocycles. The SMILES string of the molecule is COc1cc(C#N)ccc1OCCCC(=O)NCc1nc(-c2ccc(Cl)cc2)c(C)s1. The van der Waals surface area contributed by atoms with E-state index in [0.717, 1.165) is 21.1 Å². The Balaban J connectivity index is 1.44. The molecule has 3 aromatic rings. The predicted molar refractivity (Wildman–Crippen MR) is 122 cm³/mol. The lowest BCUT2D eigenvalue weighted by atomic mass is 10.1. The first kappa shape index (κ1) is 22.6. The summed E-state index contributed by atoms with van der Waals surface area (Å²) in [5, 5.41) is 13.4. The van der Waals surface area contributed by atoms with Gasteiger partial charge in [-0.05, 0) is 37.6 Å². The van der Waals surface area contributed by atoms with Gasteiger partial charge < -0.3 is 14.8 Å². The lowest BCUT2D eigenvalue weighted by Gasteiger charge is -2.10. The second-order valence-electron chi connectivity index (χ2n) is 6.73. The van der Waals surface area contributed by atoms with Gasteiger partial charge in [-0.25, -0.2) is 4.98 Å². The van der Waals surface area contributed by atoms with E-state index in [1.165, 1.54) is 7.11 Å². The highest BCUT2D eigenvalue weighted by Crippen LogP contribution is 2.29. The Morgan fingerprint density at radius 1 is 1.23 bits per heavy atom. The van der Waals surface area contributed by atoms with Crippen LogP contribution in [-0.4, -0.2) is 24.6 Å². The molecule has 1 aromatic heterocycles. The summed E-state index contributed by atoms with van der Waals surface area (Å²) in [7, 11) is 1.52. The van der Waals surface area contributed by atoms with E-state index in [9.17, 15) is 4.79 Å². The average molecular weight is 456 g/mol. The fraction of sp³-hybridized carbons (Fsp3) is 0.261. The molecule has 3 rings (SSSR count). The average Bonchev–Trinajstić information content (AvgIpc) is 3.16. The molecule has 0 spiro atoms. The number of halogens is 1. The van der Waals surface area contributed by atoms with Gasteiger partial charge in [0.2, 0.25) is 5.91 Å². The molecule has 1 N–H and O–H groups in total. The predicted octanol–water partition coefficient (Wildman–Crippen LogP) is 5.13. The Hall–Kier alpha value is -3.08. The standard InChI is InChI=1S/C23H22ClN3O3S/c1-15-23(17-6-8-18(24)9-7-17)27-22(31-15)14-26-21(28)4-3-11-30-19-10-5-16(13-25)12-20(19)29-2/h5-10,12H,3-4,11,14H2,1-2H3,(H,26,28). The fourth-order valence-corrected chi connectivity index (χ4v) is 3.96. The second kappa shape index (κ2) is 10.8. The summed E-state index contributed by atoms with van der Waals surface area (Å²) >= 11 is 7.52.